The number of aromatic nitrogens is 2. The van der Waals surface area contributed by atoms with Crippen molar-refractivity contribution in [3.8, 4) is 0 Å². The Balaban J connectivity index is 2.64. The Labute approximate surface area is 110 Å². The first kappa shape index (κ1) is 14.5. The van der Waals surface area contributed by atoms with Crippen LogP contribution < -0.4 is 0 Å². The molecule has 1 rings (SSSR count). The van der Waals surface area contributed by atoms with Gasteiger partial charge in [-0.2, -0.15) is 22.0 Å². The standard InChI is InChI=1S/C14H24N2S/c1-13(2,3)12-8-7-11(15-16-12)9-10-14(4,5)17-6/h7-8H,9-10H2,1-6H3. The molecule has 0 bridgehead atoms. The Morgan fingerprint density at radius 2 is 1.71 bits per heavy atom. The van der Waals surface area contributed by atoms with Gasteiger partial charge >= 0.3 is 0 Å². The number of rotatable bonds is 4. The second-order valence-corrected chi connectivity index (χ2v) is 7.64. The first-order valence-electron chi connectivity index (χ1n) is 6.13. The Bertz CT molecular complexity index is 349. The number of thioether (sulfide) groups is 1. The van der Waals surface area contributed by atoms with Crippen molar-refractivity contribution in [3.05, 3.63) is 23.5 Å². The maximum absolute atomic E-state index is 4.32. The molecule has 0 atom stereocenters. The summed E-state index contributed by atoms with van der Waals surface area (Å²) in [7, 11) is 0. The highest BCUT2D eigenvalue weighted by atomic mass is 32.2. The third kappa shape index (κ3) is 4.66. The summed E-state index contributed by atoms with van der Waals surface area (Å²) >= 11 is 1.91. The SMILES string of the molecule is CSC(C)(C)CCc1ccc(C(C)(C)C)nn1. The quantitative estimate of drug-likeness (QED) is 0.814. The normalized spacial score (nSPS) is 12.8. The second-order valence-electron chi connectivity index (χ2n) is 6.12. The fourth-order valence-electron chi connectivity index (χ4n) is 1.42. The molecule has 0 aliphatic carbocycles. The highest BCUT2D eigenvalue weighted by Gasteiger charge is 2.18. The van der Waals surface area contributed by atoms with E-state index in [1.807, 2.05) is 11.8 Å². The Morgan fingerprint density at radius 3 is 2.12 bits per heavy atom. The third-order valence-corrected chi connectivity index (χ3v) is 4.33. The highest BCUT2D eigenvalue weighted by Crippen LogP contribution is 2.26. The van der Waals surface area contributed by atoms with Crippen LogP contribution in [0.2, 0.25) is 0 Å². The summed E-state index contributed by atoms with van der Waals surface area (Å²) in [4.78, 5) is 0. The van der Waals surface area contributed by atoms with Crippen molar-refractivity contribution in [3.63, 3.8) is 0 Å². The summed E-state index contributed by atoms with van der Waals surface area (Å²) in [6.07, 6.45) is 4.30. The molecule has 0 aliphatic heterocycles. The molecule has 1 heterocycles. The van der Waals surface area contributed by atoms with Crippen LogP contribution in [0.3, 0.4) is 0 Å². The predicted octanol–water partition coefficient (Wildman–Crippen LogP) is 3.85. The summed E-state index contributed by atoms with van der Waals surface area (Å²) < 4.78 is 0.324. The van der Waals surface area contributed by atoms with E-state index in [1.54, 1.807) is 0 Å². The van der Waals surface area contributed by atoms with Gasteiger partial charge in [-0.15, -0.1) is 0 Å². The van der Waals surface area contributed by atoms with Crippen molar-refractivity contribution < 1.29 is 0 Å². The topological polar surface area (TPSA) is 25.8 Å². The van der Waals surface area contributed by atoms with Crippen LogP contribution in [0, 0.1) is 0 Å². The molecule has 0 fully saturated rings. The fraction of sp³-hybridized carbons (Fsp3) is 0.714. The van der Waals surface area contributed by atoms with E-state index in [1.165, 1.54) is 0 Å². The summed E-state index contributed by atoms with van der Waals surface area (Å²) in [5.41, 5.74) is 2.25. The summed E-state index contributed by atoms with van der Waals surface area (Å²) in [6.45, 7) is 11.0. The van der Waals surface area contributed by atoms with Gasteiger partial charge in [-0.05, 0) is 31.2 Å². The van der Waals surface area contributed by atoms with Crippen LogP contribution >= 0.6 is 11.8 Å². The minimum absolute atomic E-state index is 0.0874. The van der Waals surface area contributed by atoms with E-state index in [-0.39, 0.29) is 5.41 Å². The van der Waals surface area contributed by atoms with Crippen molar-refractivity contribution in [1.82, 2.24) is 10.2 Å². The molecule has 0 radical (unpaired) electrons. The Kier molecular flexibility index (Phi) is 4.59. The van der Waals surface area contributed by atoms with E-state index in [4.69, 9.17) is 0 Å². The molecule has 0 aliphatic rings. The number of hydrogen-bond donors (Lipinski definition) is 0. The maximum atomic E-state index is 4.32. The van der Waals surface area contributed by atoms with Crippen LogP contribution in [0.1, 0.15) is 52.4 Å². The molecule has 17 heavy (non-hydrogen) atoms. The van der Waals surface area contributed by atoms with E-state index < -0.39 is 0 Å². The molecule has 0 aromatic carbocycles. The average molecular weight is 252 g/mol. The zero-order valence-corrected chi connectivity index (χ0v) is 12.7. The molecular formula is C14H24N2S. The minimum atomic E-state index is 0.0874. The van der Waals surface area contributed by atoms with E-state index in [0.29, 0.717) is 4.75 Å². The van der Waals surface area contributed by atoms with Gasteiger partial charge in [0, 0.05) is 10.2 Å². The van der Waals surface area contributed by atoms with E-state index >= 15 is 0 Å². The molecule has 0 N–H and O–H groups in total. The van der Waals surface area contributed by atoms with Crippen molar-refractivity contribution in [2.75, 3.05) is 6.26 Å². The third-order valence-electron chi connectivity index (χ3n) is 3.02. The maximum Gasteiger partial charge on any atom is 0.0684 e. The lowest BCUT2D eigenvalue weighted by Crippen LogP contribution is -2.17. The Hall–Kier alpha value is -0.570. The lowest BCUT2D eigenvalue weighted by molar-refractivity contribution is 0.553. The first-order chi connectivity index (χ1) is 7.74. The van der Waals surface area contributed by atoms with Crippen LogP contribution in [0.4, 0.5) is 0 Å². The first-order valence-corrected chi connectivity index (χ1v) is 7.35. The van der Waals surface area contributed by atoms with Gasteiger partial charge in [-0.3, -0.25) is 0 Å². The molecule has 1 aromatic heterocycles. The molecule has 0 unspecified atom stereocenters. The van der Waals surface area contributed by atoms with Gasteiger partial charge in [0.25, 0.3) is 0 Å². The molecule has 96 valence electrons. The largest absolute Gasteiger partial charge is 0.159 e. The molecular weight excluding hydrogens is 228 g/mol. The van der Waals surface area contributed by atoms with Gasteiger partial charge in [0.2, 0.25) is 0 Å². The van der Waals surface area contributed by atoms with E-state index in [0.717, 1.165) is 24.2 Å². The van der Waals surface area contributed by atoms with Gasteiger partial charge in [0.1, 0.15) is 0 Å². The van der Waals surface area contributed by atoms with E-state index in [9.17, 15) is 0 Å². The summed E-state index contributed by atoms with van der Waals surface area (Å²) in [6, 6.07) is 4.22. The van der Waals surface area contributed by atoms with Crippen molar-refractivity contribution in [2.24, 2.45) is 0 Å². The van der Waals surface area contributed by atoms with Gasteiger partial charge in [0.05, 0.1) is 11.4 Å². The number of hydrogen-bond acceptors (Lipinski definition) is 3. The fourth-order valence-corrected chi connectivity index (χ4v) is 1.73. The van der Waals surface area contributed by atoms with Crippen LogP contribution in [-0.4, -0.2) is 21.2 Å². The van der Waals surface area contributed by atoms with Gasteiger partial charge in [-0.1, -0.05) is 34.6 Å². The molecule has 0 spiro atoms. The zero-order chi connectivity index (χ0) is 13.1. The minimum Gasteiger partial charge on any atom is -0.159 e. The lowest BCUT2D eigenvalue weighted by Gasteiger charge is -2.21. The molecule has 0 saturated carbocycles. The zero-order valence-electron chi connectivity index (χ0n) is 11.9. The van der Waals surface area contributed by atoms with Gasteiger partial charge in [0.15, 0.2) is 0 Å². The van der Waals surface area contributed by atoms with Crippen LogP contribution in [0.25, 0.3) is 0 Å². The molecule has 3 heteroatoms. The molecule has 0 saturated heterocycles. The van der Waals surface area contributed by atoms with Crippen LogP contribution in [0.15, 0.2) is 12.1 Å². The lowest BCUT2D eigenvalue weighted by atomic mass is 9.92. The van der Waals surface area contributed by atoms with Crippen LogP contribution in [-0.2, 0) is 11.8 Å². The van der Waals surface area contributed by atoms with Crippen molar-refractivity contribution in [2.45, 2.75) is 57.6 Å². The van der Waals surface area contributed by atoms with Crippen molar-refractivity contribution in [1.29, 1.82) is 0 Å². The molecule has 0 amide bonds. The predicted molar refractivity (Wildman–Crippen MR) is 76.6 cm³/mol. The second kappa shape index (κ2) is 5.38. The number of aryl methyl sites for hydroxylation is 1. The van der Waals surface area contributed by atoms with Crippen LogP contribution in [0.5, 0.6) is 0 Å². The molecule has 1 aromatic rings. The summed E-state index contributed by atoms with van der Waals surface area (Å²) in [5, 5.41) is 8.64. The van der Waals surface area contributed by atoms with Gasteiger partial charge in [-0.25, -0.2) is 0 Å². The Morgan fingerprint density at radius 1 is 1.06 bits per heavy atom. The summed E-state index contributed by atoms with van der Waals surface area (Å²) in [5.74, 6) is 0. The highest BCUT2D eigenvalue weighted by molar-refractivity contribution is 7.99. The van der Waals surface area contributed by atoms with Crippen molar-refractivity contribution >= 4 is 11.8 Å². The monoisotopic (exact) mass is 252 g/mol. The average Bonchev–Trinajstić information content (AvgIpc) is 2.26. The molecule has 2 nitrogen and oxygen atoms in total. The number of nitrogens with zero attached hydrogens (tertiary/aromatic N) is 2. The van der Waals surface area contributed by atoms with E-state index in [2.05, 4.69) is 63.2 Å². The smallest absolute Gasteiger partial charge is 0.0684 e. The van der Waals surface area contributed by atoms with Gasteiger partial charge < -0.3 is 0 Å².